The summed E-state index contributed by atoms with van der Waals surface area (Å²) in [5.41, 5.74) is 8.75. The molecule has 1 aromatic heterocycles. The molecule has 2 atom stereocenters. The lowest BCUT2D eigenvalue weighted by molar-refractivity contribution is -0.290. The number of pyridine rings is 1. The van der Waals surface area contributed by atoms with Crippen LogP contribution in [0.1, 0.15) is 65.9 Å². The van der Waals surface area contributed by atoms with Crippen molar-refractivity contribution in [2.75, 3.05) is 7.11 Å². The van der Waals surface area contributed by atoms with E-state index in [2.05, 4.69) is 50.3 Å². The van der Waals surface area contributed by atoms with Gasteiger partial charge < -0.3 is 14.2 Å². The van der Waals surface area contributed by atoms with Crippen molar-refractivity contribution in [3.8, 4) is 0 Å². The number of fused-ring (bicyclic) bond motifs is 2. The summed E-state index contributed by atoms with van der Waals surface area (Å²) >= 11 is 0. The molecule has 164 valence electrons. The molecule has 1 fully saturated rings. The highest BCUT2D eigenvalue weighted by molar-refractivity contribution is 5.69. The third kappa shape index (κ3) is 4.73. The van der Waals surface area contributed by atoms with Gasteiger partial charge in [0.15, 0.2) is 5.79 Å². The second-order valence-electron chi connectivity index (χ2n) is 8.95. The van der Waals surface area contributed by atoms with Gasteiger partial charge in [0.05, 0.1) is 25.7 Å². The number of carbonyl (C=O) groups excluding carboxylic acids is 1. The Morgan fingerprint density at radius 1 is 1.19 bits per heavy atom. The molecule has 1 aromatic carbocycles. The minimum atomic E-state index is -0.756. The highest BCUT2D eigenvalue weighted by Gasteiger charge is 2.35. The number of benzene rings is 1. The molecule has 0 spiro atoms. The molecule has 0 bridgehead atoms. The van der Waals surface area contributed by atoms with Crippen LogP contribution in [0.5, 0.6) is 0 Å². The van der Waals surface area contributed by atoms with E-state index in [4.69, 9.17) is 19.2 Å². The lowest BCUT2D eigenvalue weighted by Gasteiger charge is -2.39. The van der Waals surface area contributed by atoms with Gasteiger partial charge in [0, 0.05) is 24.2 Å². The van der Waals surface area contributed by atoms with E-state index < -0.39 is 5.79 Å². The minimum Gasteiger partial charge on any atom is -0.469 e. The van der Waals surface area contributed by atoms with Crippen LogP contribution in [-0.2, 0) is 31.8 Å². The monoisotopic (exact) mass is 421 g/mol. The Morgan fingerprint density at radius 3 is 2.61 bits per heavy atom. The first-order chi connectivity index (χ1) is 14.8. The van der Waals surface area contributed by atoms with Crippen molar-refractivity contribution < 1.29 is 19.0 Å². The molecular weight excluding hydrogens is 390 g/mol. The van der Waals surface area contributed by atoms with Crippen molar-refractivity contribution in [1.82, 2.24) is 4.98 Å². The smallest absolute Gasteiger partial charge is 0.308 e. The third-order valence-corrected chi connectivity index (χ3v) is 6.22. The van der Waals surface area contributed by atoms with Gasteiger partial charge in [0.1, 0.15) is 0 Å². The lowest BCUT2D eigenvalue weighted by Crippen LogP contribution is -2.44. The van der Waals surface area contributed by atoms with E-state index in [1.807, 2.05) is 13.8 Å². The highest BCUT2D eigenvalue weighted by Crippen LogP contribution is 2.33. The second kappa shape index (κ2) is 8.56. The molecule has 5 nitrogen and oxygen atoms in total. The predicted molar refractivity (Wildman–Crippen MR) is 120 cm³/mol. The molecule has 0 amide bonds. The SMILES string of the molecule is COC(=O)CC1CC(/C=C/c2c(C)nc3c(c2C)Cc2ccccc2C3)OC(C)(C)O1. The number of ether oxygens (including phenoxy) is 3. The molecule has 0 radical (unpaired) electrons. The maximum absolute atomic E-state index is 11.7. The summed E-state index contributed by atoms with van der Waals surface area (Å²) in [5, 5.41) is 0. The van der Waals surface area contributed by atoms with Gasteiger partial charge in [-0.25, -0.2) is 0 Å². The maximum Gasteiger partial charge on any atom is 0.308 e. The van der Waals surface area contributed by atoms with Crippen molar-refractivity contribution in [3.63, 3.8) is 0 Å². The summed E-state index contributed by atoms with van der Waals surface area (Å²) in [4.78, 5) is 16.7. The van der Waals surface area contributed by atoms with Crippen molar-refractivity contribution >= 4 is 12.0 Å². The summed E-state index contributed by atoms with van der Waals surface area (Å²) in [7, 11) is 1.40. The molecule has 0 N–H and O–H groups in total. The van der Waals surface area contributed by atoms with E-state index in [1.54, 1.807) is 0 Å². The zero-order chi connectivity index (χ0) is 22.2. The van der Waals surface area contributed by atoms with Crippen LogP contribution in [0, 0.1) is 13.8 Å². The number of aryl methyl sites for hydroxylation is 1. The number of hydrogen-bond acceptors (Lipinski definition) is 5. The standard InChI is InChI=1S/C26H31NO4/c1-16-22(11-10-20-14-21(15-25(28)29-5)31-26(3,4)30-20)17(2)27-24-13-19-9-7-6-8-18(19)12-23(16)24/h6-11,20-21H,12-15H2,1-5H3/b11-10+. The zero-order valence-corrected chi connectivity index (χ0v) is 19.0. The van der Waals surface area contributed by atoms with E-state index in [9.17, 15) is 4.79 Å². The molecule has 1 saturated heterocycles. The van der Waals surface area contributed by atoms with Crippen molar-refractivity contribution in [2.24, 2.45) is 0 Å². The van der Waals surface area contributed by atoms with Crippen molar-refractivity contribution in [3.05, 3.63) is 69.5 Å². The van der Waals surface area contributed by atoms with Gasteiger partial charge in [-0.05, 0) is 61.9 Å². The number of carbonyl (C=O) groups is 1. The number of esters is 1. The van der Waals surface area contributed by atoms with Gasteiger partial charge in [0.25, 0.3) is 0 Å². The van der Waals surface area contributed by atoms with Crippen LogP contribution in [0.25, 0.3) is 6.08 Å². The summed E-state index contributed by atoms with van der Waals surface area (Å²) in [6.07, 6.45) is 6.48. The van der Waals surface area contributed by atoms with Gasteiger partial charge in [-0.1, -0.05) is 36.4 Å². The first-order valence-electron chi connectivity index (χ1n) is 10.9. The minimum absolute atomic E-state index is 0.144. The Labute approximate surface area is 184 Å². The molecule has 31 heavy (non-hydrogen) atoms. The Bertz CT molecular complexity index is 1020. The Morgan fingerprint density at radius 2 is 1.90 bits per heavy atom. The molecule has 1 aliphatic carbocycles. The molecule has 1 aliphatic heterocycles. The molecule has 2 unspecified atom stereocenters. The highest BCUT2D eigenvalue weighted by atomic mass is 16.7. The molecule has 2 aromatic rings. The molecule has 5 heteroatoms. The zero-order valence-electron chi connectivity index (χ0n) is 19.0. The Balaban J connectivity index is 1.57. The summed E-state index contributed by atoms with van der Waals surface area (Å²) < 4.78 is 16.8. The fourth-order valence-corrected chi connectivity index (χ4v) is 4.74. The average molecular weight is 422 g/mol. The van der Waals surface area contributed by atoms with Gasteiger partial charge >= 0.3 is 5.97 Å². The largest absolute Gasteiger partial charge is 0.469 e. The van der Waals surface area contributed by atoms with E-state index in [0.717, 1.165) is 24.1 Å². The molecule has 2 aliphatic rings. The van der Waals surface area contributed by atoms with E-state index in [1.165, 1.54) is 35.1 Å². The fraction of sp³-hybridized carbons (Fsp3) is 0.462. The Kier molecular flexibility index (Phi) is 6.00. The van der Waals surface area contributed by atoms with Crippen LogP contribution >= 0.6 is 0 Å². The summed E-state index contributed by atoms with van der Waals surface area (Å²) in [5.74, 6) is -1.02. The quantitative estimate of drug-likeness (QED) is 0.573. The average Bonchev–Trinajstić information content (AvgIpc) is 2.71. The topological polar surface area (TPSA) is 57.7 Å². The first-order valence-corrected chi connectivity index (χ1v) is 10.9. The van der Waals surface area contributed by atoms with Crippen LogP contribution < -0.4 is 0 Å². The third-order valence-electron chi connectivity index (χ3n) is 6.22. The molecular formula is C26H31NO4. The van der Waals surface area contributed by atoms with E-state index in [-0.39, 0.29) is 24.6 Å². The van der Waals surface area contributed by atoms with E-state index >= 15 is 0 Å². The number of hydrogen-bond donors (Lipinski definition) is 0. The Hall–Kier alpha value is -2.50. The molecule has 2 heterocycles. The van der Waals surface area contributed by atoms with Crippen LogP contribution in [0.4, 0.5) is 0 Å². The molecule has 0 saturated carbocycles. The fourth-order valence-electron chi connectivity index (χ4n) is 4.74. The lowest BCUT2D eigenvalue weighted by atomic mass is 9.85. The second-order valence-corrected chi connectivity index (χ2v) is 8.95. The van der Waals surface area contributed by atoms with E-state index in [0.29, 0.717) is 6.42 Å². The number of aromatic nitrogens is 1. The van der Waals surface area contributed by atoms with Crippen LogP contribution in [0.2, 0.25) is 0 Å². The number of nitrogens with zero attached hydrogens (tertiary/aromatic N) is 1. The normalized spacial score (nSPS) is 22.1. The van der Waals surface area contributed by atoms with Crippen LogP contribution in [-0.4, -0.2) is 36.1 Å². The maximum atomic E-state index is 11.7. The summed E-state index contributed by atoms with van der Waals surface area (Å²) in [6.45, 7) is 8.02. The van der Waals surface area contributed by atoms with Crippen molar-refractivity contribution in [1.29, 1.82) is 0 Å². The van der Waals surface area contributed by atoms with Crippen LogP contribution in [0.15, 0.2) is 30.3 Å². The van der Waals surface area contributed by atoms with Gasteiger partial charge in [-0.15, -0.1) is 0 Å². The van der Waals surface area contributed by atoms with Gasteiger partial charge in [-0.2, -0.15) is 0 Å². The first kappa shape index (κ1) is 21.7. The molecule has 4 rings (SSSR count). The predicted octanol–water partition coefficient (Wildman–Crippen LogP) is 4.68. The number of methoxy groups -OCH3 is 1. The van der Waals surface area contributed by atoms with Gasteiger partial charge in [0.2, 0.25) is 0 Å². The summed E-state index contributed by atoms with van der Waals surface area (Å²) in [6, 6.07) is 8.62. The van der Waals surface area contributed by atoms with Crippen molar-refractivity contribution in [2.45, 2.75) is 71.4 Å². The number of rotatable bonds is 4. The van der Waals surface area contributed by atoms with Gasteiger partial charge in [-0.3, -0.25) is 9.78 Å². The van der Waals surface area contributed by atoms with Crippen LogP contribution in [0.3, 0.4) is 0 Å².